The van der Waals surface area contributed by atoms with Crippen molar-refractivity contribution in [2.24, 2.45) is 0 Å². The van der Waals surface area contributed by atoms with E-state index in [4.69, 9.17) is 4.74 Å². The van der Waals surface area contributed by atoms with E-state index in [2.05, 4.69) is 34.2 Å². The van der Waals surface area contributed by atoms with Gasteiger partial charge in [0.15, 0.2) is 0 Å². The number of aryl methyl sites for hydroxylation is 2. The molecule has 88 valence electrons. The number of benzene rings is 1. The number of hydrogen-bond acceptors (Lipinski definition) is 2. The van der Waals surface area contributed by atoms with Gasteiger partial charge in [-0.2, -0.15) is 0 Å². The molecule has 0 spiro atoms. The number of carbonyl (C=O) groups is 1. The molecule has 0 aliphatic rings. The van der Waals surface area contributed by atoms with Crippen LogP contribution in [-0.4, -0.2) is 18.5 Å². The SMILES string of the molecule is COc1cc(C)cc(C)c1CCNC(=O)Br. The highest BCUT2D eigenvalue weighted by atomic mass is 79.9. The minimum Gasteiger partial charge on any atom is -0.496 e. The molecule has 0 aliphatic carbocycles. The van der Waals surface area contributed by atoms with Crippen LogP contribution in [0.2, 0.25) is 0 Å². The van der Waals surface area contributed by atoms with E-state index >= 15 is 0 Å². The Morgan fingerprint density at radius 1 is 1.44 bits per heavy atom. The fraction of sp³-hybridized carbons (Fsp3) is 0.417. The number of nitrogens with one attached hydrogen (secondary N) is 1. The van der Waals surface area contributed by atoms with Gasteiger partial charge in [0.05, 0.1) is 7.11 Å². The third-order valence-electron chi connectivity index (χ3n) is 2.44. The van der Waals surface area contributed by atoms with Crippen LogP contribution in [0.25, 0.3) is 0 Å². The average Bonchev–Trinajstić information content (AvgIpc) is 2.20. The Balaban J connectivity index is 2.81. The van der Waals surface area contributed by atoms with Gasteiger partial charge in [0.1, 0.15) is 5.75 Å². The second-order valence-electron chi connectivity index (χ2n) is 3.71. The summed E-state index contributed by atoms with van der Waals surface area (Å²) in [6.07, 6.45) is 0.770. The first-order valence-electron chi connectivity index (χ1n) is 5.12. The Morgan fingerprint density at radius 3 is 2.69 bits per heavy atom. The molecular weight excluding hydrogens is 270 g/mol. The minimum atomic E-state index is -0.184. The van der Waals surface area contributed by atoms with Gasteiger partial charge >= 0.3 is 0 Å². The van der Waals surface area contributed by atoms with Crippen LogP contribution in [0.15, 0.2) is 12.1 Å². The summed E-state index contributed by atoms with van der Waals surface area (Å²) >= 11 is 2.83. The van der Waals surface area contributed by atoms with E-state index in [-0.39, 0.29) is 4.82 Å². The van der Waals surface area contributed by atoms with Gasteiger partial charge in [0, 0.05) is 22.5 Å². The molecule has 16 heavy (non-hydrogen) atoms. The van der Waals surface area contributed by atoms with E-state index in [1.54, 1.807) is 7.11 Å². The van der Waals surface area contributed by atoms with E-state index in [1.165, 1.54) is 11.1 Å². The second-order valence-corrected chi connectivity index (χ2v) is 4.43. The molecule has 0 fully saturated rings. The number of carbonyl (C=O) groups excluding carboxylic acids is 1. The van der Waals surface area contributed by atoms with Crippen molar-refractivity contribution in [1.29, 1.82) is 0 Å². The second kappa shape index (κ2) is 5.89. The van der Waals surface area contributed by atoms with Crippen molar-refractivity contribution in [2.45, 2.75) is 20.3 Å². The van der Waals surface area contributed by atoms with Crippen LogP contribution in [0, 0.1) is 13.8 Å². The summed E-state index contributed by atoms with van der Waals surface area (Å²) in [6, 6.07) is 4.13. The minimum absolute atomic E-state index is 0.184. The summed E-state index contributed by atoms with van der Waals surface area (Å²) in [7, 11) is 1.67. The van der Waals surface area contributed by atoms with Crippen LogP contribution in [0.5, 0.6) is 5.75 Å². The first-order valence-corrected chi connectivity index (χ1v) is 5.91. The summed E-state index contributed by atoms with van der Waals surface area (Å²) in [6.45, 7) is 4.70. The summed E-state index contributed by atoms with van der Waals surface area (Å²) in [4.78, 5) is 10.5. The van der Waals surface area contributed by atoms with Crippen LogP contribution >= 0.6 is 15.9 Å². The van der Waals surface area contributed by atoms with Gasteiger partial charge in [-0.15, -0.1) is 0 Å². The highest BCUT2D eigenvalue weighted by molar-refractivity contribution is 9.18. The number of hydrogen-bond donors (Lipinski definition) is 1. The van der Waals surface area contributed by atoms with E-state index in [1.807, 2.05) is 13.0 Å². The number of amides is 1. The Kier molecular flexibility index (Phi) is 4.80. The molecule has 1 aromatic rings. The average molecular weight is 286 g/mol. The van der Waals surface area contributed by atoms with Gasteiger partial charge in [-0.25, -0.2) is 0 Å². The molecule has 0 saturated heterocycles. The van der Waals surface area contributed by atoms with Crippen LogP contribution in [0.3, 0.4) is 0 Å². The van der Waals surface area contributed by atoms with Gasteiger partial charge in [-0.1, -0.05) is 6.07 Å². The van der Waals surface area contributed by atoms with Gasteiger partial charge in [-0.3, -0.25) is 4.79 Å². The quantitative estimate of drug-likeness (QED) is 0.682. The zero-order chi connectivity index (χ0) is 12.1. The van der Waals surface area contributed by atoms with Gasteiger partial charge < -0.3 is 10.1 Å². The predicted octanol–water partition coefficient (Wildman–Crippen LogP) is 2.96. The van der Waals surface area contributed by atoms with Crippen LogP contribution in [0.4, 0.5) is 4.79 Å². The molecule has 3 nitrogen and oxygen atoms in total. The number of rotatable bonds is 4. The smallest absolute Gasteiger partial charge is 0.287 e. The lowest BCUT2D eigenvalue weighted by molar-refractivity contribution is 0.261. The van der Waals surface area contributed by atoms with Crippen LogP contribution in [-0.2, 0) is 6.42 Å². The van der Waals surface area contributed by atoms with E-state index < -0.39 is 0 Å². The van der Waals surface area contributed by atoms with Gasteiger partial charge in [0.2, 0.25) is 0 Å². The van der Waals surface area contributed by atoms with Crippen molar-refractivity contribution in [2.75, 3.05) is 13.7 Å². The largest absolute Gasteiger partial charge is 0.496 e. The Hall–Kier alpha value is -1.03. The molecule has 0 unspecified atom stereocenters. The van der Waals surface area contributed by atoms with Crippen molar-refractivity contribution in [3.63, 3.8) is 0 Å². The van der Waals surface area contributed by atoms with Gasteiger partial charge in [0.25, 0.3) is 4.82 Å². The van der Waals surface area contributed by atoms with Crippen molar-refractivity contribution in [3.8, 4) is 5.75 Å². The summed E-state index contributed by atoms with van der Waals surface area (Å²) in [5.74, 6) is 0.890. The lowest BCUT2D eigenvalue weighted by Gasteiger charge is -2.12. The summed E-state index contributed by atoms with van der Waals surface area (Å²) in [5, 5.41) is 2.71. The number of ether oxygens (including phenoxy) is 1. The number of halogens is 1. The predicted molar refractivity (Wildman–Crippen MR) is 68.5 cm³/mol. The number of methoxy groups -OCH3 is 1. The van der Waals surface area contributed by atoms with Crippen molar-refractivity contribution >= 4 is 20.7 Å². The fourth-order valence-electron chi connectivity index (χ4n) is 1.75. The maximum Gasteiger partial charge on any atom is 0.287 e. The Bertz CT molecular complexity index is 391. The lowest BCUT2D eigenvalue weighted by atomic mass is 10.0. The molecule has 1 N–H and O–H groups in total. The normalized spacial score (nSPS) is 10.0. The van der Waals surface area contributed by atoms with Crippen molar-refractivity contribution in [1.82, 2.24) is 5.32 Å². The maximum atomic E-state index is 10.7. The Labute approximate surface area is 104 Å². The first kappa shape index (κ1) is 13.0. The van der Waals surface area contributed by atoms with Crippen LogP contribution in [0.1, 0.15) is 16.7 Å². The third kappa shape index (κ3) is 3.52. The molecule has 0 aliphatic heterocycles. The zero-order valence-electron chi connectivity index (χ0n) is 9.76. The summed E-state index contributed by atoms with van der Waals surface area (Å²) < 4.78 is 5.34. The first-order chi connectivity index (χ1) is 7.54. The highest BCUT2D eigenvalue weighted by Gasteiger charge is 2.07. The molecule has 0 saturated carbocycles. The Morgan fingerprint density at radius 2 is 2.12 bits per heavy atom. The lowest BCUT2D eigenvalue weighted by Crippen LogP contribution is -2.19. The van der Waals surface area contributed by atoms with E-state index in [0.29, 0.717) is 6.54 Å². The molecule has 1 aromatic carbocycles. The molecule has 0 radical (unpaired) electrons. The molecule has 0 heterocycles. The summed E-state index contributed by atoms with van der Waals surface area (Å²) in [5.41, 5.74) is 3.53. The van der Waals surface area contributed by atoms with E-state index in [0.717, 1.165) is 17.7 Å². The maximum absolute atomic E-state index is 10.7. The molecule has 1 rings (SSSR count). The van der Waals surface area contributed by atoms with Crippen LogP contribution < -0.4 is 10.1 Å². The van der Waals surface area contributed by atoms with E-state index in [9.17, 15) is 4.79 Å². The fourth-order valence-corrected chi connectivity index (χ4v) is 1.95. The van der Waals surface area contributed by atoms with Gasteiger partial charge in [-0.05, 0) is 43.0 Å². The molecule has 0 atom stereocenters. The zero-order valence-corrected chi connectivity index (χ0v) is 11.3. The topological polar surface area (TPSA) is 38.3 Å². The molecule has 4 heteroatoms. The molecule has 0 aromatic heterocycles. The molecular formula is C12H16BrNO2. The van der Waals surface area contributed by atoms with Crippen molar-refractivity contribution < 1.29 is 9.53 Å². The molecule has 1 amide bonds. The standard InChI is InChI=1S/C12H16BrNO2/c1-8-6-9(2)10(11(7-8)16-3)4-5-14-12(13)15/h6-7H,4-5H2,1-3H3,(H,14,15). The highest BCUT2D eigenvalue weighted by Crippen LogP contribution is 2.24. The van der Waals surface area contributed by atoms with Crippen molar-refractivity contribution in [3.05, 3.63) is 28.8 Å². The molecule has 0 bridgehead atoms. The third-order valence-corrected chi connectivity index (χ3v) is 2.72. The monoisotopic (exact) mass is 285 g/mol.